The van der Waals surface area contributed by atoms with Crippen molar-refractivity contribution in [2.45, 2.75) is 102 Å². The van der Waals surface area contributed by atoms with Crippen LogP contribution >= 0.6 is 0 Å². The molecule has 0 bridgehead atoms. The van der Waals surface area contributed by atoms with Crippen LogP contribution in [0.25, 0.3) is 16.7 Å². The first-order valence-corrected chi connectivity index (χ1v) is 21.0. The van der Waals surface area contributed by atoms with Crippen molar-refractivity contribution in [2.75, 3.05) is 32.0 Å². The number of ether oxygens (including phenoxy) is 1. The molecule has 3 amide bonds. The number of carbonyl (C=O) groups is 3. The Kier molecular flexibility index (Phi) is 11.9. The van der Waals surface area contributed by atoms with E-state index in [4.69, 9.17) is 9.72 Å². The van der Waals surface area contributed by atoms with Gasteiger partial charge in [-0.2, -0.15) is 0 Å². The van der Waals surface area contributed by atoms with E-state index in [1.54, 1.807) is 23.9 Å². The standard InChI is InChI=1S/C44H53F2N9O5/c1-26(2)60-37-21-39-48-33(25-54(39)24-31(37)42(57)49-38-7-5-6-32(47-38)41(45)46)29-11-8-27(9-12-29)22-51(3)30-16-18-53(19-17-30)23-28-10-13-34-36(20-28)52(4)44(59)55(34)35-14-15-40(56)50-43(35)58/h5-7,10,13,20-21,24-27,29-30,35,41H,8-9,11-12,14-19,22-23H2,1-4H3,(H,47,49,57)(H,50,56,58)/t27-,29-,35?. The maximum absolute atomic E-state index is 13.4. The number of alkyl halides is 2. The molecule has 0 spiro atoms. The Balaban J connectivity index is 0.840. The molecular weight excluding hydrogens is 773 g/mol. The fourth-order valence-electron chi connectivity index (χ4n) is 9.29. The normalized spacial score (nSPS) is 20.8. The third kappa shape index (κ3) is 8.71. The molecule has 14 nitrogen and oxygen atoms in total. The van der Waals surface area contributed by atoms with Gasteiger partial charge in [-0.3, -0.25) is 33.7 Å². The van der Waals surface area contributed by atoms with Gasteiger partial charge in [0.2, 0.25) is 11.8 Å². The van der Waals surface area contributed by atoms with E-state index in [-0.39, 0.29) is 35.5 Å². The number of hydrogen-bond acceptors (Lipinski definition) is 9. The van der Waals surface area contributed by atoms with Gasteiger partial charge in [0.25, 0.3) is 12.3 Å². The highest BCUT2D eigenvalue weighted by atomic mass is 19.3. The van der Waals surface area contributed by atoms with Crippen LogP contribution < -0.4 is 21.1 Å². The Bertz CT molecular complexity index is 2460. The summed E-state index contributed by atoms with van der Waals surface area (Å²) in [4.78, 5) is 64.8. The largest absolute Gasteiger partial charge is 0.490 e. The van der Waals surface area contributed by atoms with Crippen LogP contribution in [0.1, 0.15) is 111 Å². The number of rotatable bonds is 12. The molecule has 16 heteroatoms. The molecule has 3 aliphatic rings. The lowest BCUT2D eigenvalue weighted by Gasteiger charge is -2.39. The number of fused-ring (bicyclic) bond motifs is 2. The van der Waals surface area contributed by atoms with Crippen molar-refractivity contribution in [1.29, 1.82) is 0 Å². The first-order valence-electron chi connectivity index (χ1n) is 21.0. The van der Waals surface area contributed by atoms with E-state index in [0.717, 1.165) is 81.5 Å². The summed E-state index contributed by atoms with van der Waals surface area (Å²) in [6, 6.07) is 11.7. The van der Waals surface area contributed by atoms with Gasteiger partial charge < -0.3 is 19.4 Å². The van der Waals surface area contributed by atoms with E-state index in [0.29, 0.717) is 41.2 Å². The summed E-state index contributed by atoms with van der Waals surface area (Å²) >= 11 is 0. The second-order valence-corrected chi connectivity index (χ2v) is 17.0. The van der Waals surface area contributed by atoms with Gasteiger partial charge in [0.1, 0.15) is 29.0 Å². The third-order valence-electron chi connectivity index (χ3n) is 12.5. The van der Waals surface area contributed by atoms with Gasteiger partial charge in [0.15, 0.2) is 0 Å². The highest BCUT2D eigenvalue weighted by Gasteiger charge is 2.32. The minimum absolute atomic E-state index is 0.0380. The predicted molar refractivity (Wildman–Crippen MR) is 222 cm³/mol. The third-order valence-corrected chi connectivity index (χ3v) is 12.5. The number of amides is 3. The fraction of sp³-hybridized carbons (Fsp3) is 0.500. The maximum Gasteiger partial charge on any atom is 0.329 e. The van der Waals surface area contributed by atoms with E-state index in [2.05, 4.69) is 38.5 Å². The highest BCUT2D eigenvalue weighted by Crippen LogP contribution is 2.37. The molecule has 2 N–H and O–H groups in total. The molecule has 2 aliphatic heterocycles. The number of pyridine rings is 2. The quantitative estimate of drug-likeness (QED) is 0.140. The van der Waals surface area contributed by atoms with E-state index in [1.807, 2.05) is 36.6 Å². The minimum Gasteiger partial charge on any atom is -0.490 e. The molecular formula is C44H53F2N9O5. The molecule has 2 saturated heterocycles. The number of hydrogen-bond donors (Lipinski definition) is 2. The van der Waals surface area contributed by atoms with Gasteiger partial charge in [-0.15, -0.1) is 0 Å². The van der Waals surface area contributed by atoms with Crippen LogP contribution in [0.4, 0.5) is 14.6 Å². The van der Waals surface area contributed by atoms with Crippen LogP contribution in [0.2, 0.25) is 0 Å². The molecule has 4 aromatic heterocycles. The molecule has 1 saturated carbocycles. The molecule has 318 valence electrons. The number of halogens is 2. The molecule has 1 aromatic carbocycles. The lowest BCUT2D eigenvalue weighted by molar-refractivity contribution is -0.135. The molecule has 5 aromatic rings. The summed E-state index contributed by atoms with van der Waals surface area (Å²) in [6.45, 7) is 7.56. The number of aryl methyl sites for hydroxylation is 1. The van der Waals surface area contributed by atoms with E-state index in [1.165, 1.54) is 22.8 Å². The first-order chi connectivity index (χ1) is 28.8. The lowest BCUT2D eigenvalue weighted by Crippen LogP contribution is -2.44. The molecule has 1 atom stereocenters. The predicted octanol–water partition coefficient (Wildman–Crippen LogP) is 6.21. The van der Waals surface area contributed by atoms with Crippen molar-refractivity contribution in [3.05, 3.63) is 87.9 Å². The van der Waals surface area contributed by atoms with Crippen LogP contribution in [0, 0.1) is 5.92 Å². The van der Waals surface area contributed by atoms with Crippen molar-refractivity contribution in [1.82, 2.24) is 38.6 Å². The zero-order valence-electron chi connectivity index (χ0n) is 34.6. The summed E-state index contributed by atoms with van der Waals surface area (Å²) in [6.07, 6.45) is 7.70. The van der Waals surface area contributed by atoms with Gasteiger partial charge in [-0.1, -0.05) is 12.1 Å². The SMILES string of the molecule is CC(C)Oc1cc2nc([C@H]3CC[C@H](CN(C)C4CCN(Cc5ccc6c(c5)n(C)c(=O)n6C5CCC(=O)NC5=O)CC4)CC3)cn2cc1C(=O)Nc1cccc(C(F)F)n1. The van der Waals surface area contributed by atoms with Gasteiger partial charge >= 0.3 is 5.69 Å². The molecule has 0 radical (unpaired) electrons. The van der Waals surface area contributed by atoms with Gasteiger partial charge in [-0.25, -0.2) is 23.5 Å². The molecule has 3 fully saturated rings. The molecule has 8 rings (SSSR count). The number of nitrogens with zero attached hydrogens (tertiary/aromatic N) is 7. The Morgan fingerprint density at radius 2 is 1.73 bits per heavy atom. The first kappa shape index (κ1) is 41.3. The fourth-order valence-corrected chi connectivity index (χ4v) is 9.29. The Morgan fingerprint density at radius 3 is 2.45 bits per heavy atom. The van der Waals surface area contributed by atoms with Crippen LogP contribution in [0.15, 0.2) is 59.7 Å². The number of imide groups is 1. The summed E-state index contributed by atoms with van der Waals surface area (Å²) in [5, 5.41) is 5.02. The summed E-state index contributed by atoms with van der Waals surface area (Å²) in [5.74, 6) is 0.0691. The van der Waals surface area contributed by atoms with E-state index in [9.17, 15) is 28.0 Å². The van der Waals surface area contributed by atoms with Crippen LogP contribution in [0.3, 0.4) is 0 Å². The van der Waals surface area contributed by atoms with Gasteiger partial charge in [0.05, 0.1) is 28.4 Å². The number of anilines is 1. The van der Waals surface area contributed by atoms with Crippen molar-refractivity contribution in [2.24, 2.45) is 13.0 Å². The molecule has 60 heavy (non-hydrogen) atoms. The van der Waals surface area contributed by atoms with Crippen LogP contribution in [-0.2, 0) is 23.2 Å². The topological polar surface area (TPSA) is 148 Å². The number of benzene rings is 1. The summed E-state index contributed by atoms with van der Waals surface area (Å²) in [7, 11) is 3.99. The Morgan fingerprint density at radius 1 is 0.967 bits per heavy atom. The number of carbonyl (C=O) groups excluding carboxylic acids is 3. The molecule has 6 heterocycles. The average Bonchev–Trinajstić information content (AvgIpc) is 3.75. The Labute approximate surface area is 346 Å². The van der Waals surface area contributed by atoms with E-state index < -0.39 is 30.0 Å². The molecule has 1 aliphatic carbocycles. The number of imidazole rings is 2. The monoisotopic (exact) mass is 825 g/mol. The van der Waals surface area contributed by atoms with Crippen molar-refractivity contribution >= 4 is 40.2 Å². The smallest absolute Gasteiger partial charge is 0.329 e. The number of nitrogens with one attached hydrogen (secondary N) is 2. The minimum atomic E-state index is -2.75. The average molecular weight is 826 g/mol. The Hall–Kier alpha value is -5.48. The zero-order chi connectivity index (χ0) is 42.2. The molecule has 1 unspecified atom stereocenters. The van der Waals surface area contributed by atoms with Gasteiger partial charge in [0, 0.05) is 57.0 Å². The van der Waals surface area contributed by atoms with Crippen LogP contribution in [-0.4, -0.2) is 89.9 Å². The summed E-state index contributed by atoms with van der Waals surface area (Å²) in [5.41, 5.74) is 3.87. The maximum atomic E-state index is 13.4. The number of piperidine rings is 2. The summed E-state index contributed by atoms with van der Waals surface area (Å²) < 4.78 is 37.4. The number of likely N-dealkylation sites (tertiary alicyclic amines) is 1. The van der Waals surface area contributed by atoms with E-state index >= 15 is 0 Å². The van der Waals surface area contributed by atoms with Crippen molar-refractivity contribution in [3.8, 4) is 5.75 Å². The second-order valence-electron chi connectivity index (χ2n) is 17.0. The highest BCUT2D eigenvalue weighted by molar-refractivity contribution is 6.06. The zero-order valence-corrected chi connectivity index (χ0v) is 34.6. The van der Waals surface area contributed by atoms with Crippen LogP contribution in [0.5, 0.6) is 5.75 Å². The second kappa shape index (κ2) is 17.2. The van der Waals surface area contributed by atoms with Gasteiger partial charge in [-0.05, 0) is 115 Å². The number of aromatic nitrogens is 5. The van der Waals surface area contributed by atoms with Crippen molar-refractivity contribution < 1.29 is 27.9 Å². The lowest BCUT2D eigenvalue weighted by atomic mass is 9.80. The van der Waals surface area contributed by atoms with Crippen molar-refractivity contribution in [3.63, 3.8) is 0 Å².